The fourth-order valence-corrected chi connectivity index (χ4v) is 2.49. The number of carbonyl (C=O) groups excluding carboxylic acids is 1. The van der Waals surface area contributed by atoms with E-state index in [1.807, 2.05) is 62.5 Å². The molecular formula is C20H22N6O. The number of rotatable bonds is 7. The number of amides is 1. The van der Waals surface area contributed by atoms with Gasteiger partial charge in [-0.05, 0) is 37.1 Å². The second-order valence-corrected chi connectivity index (χ2v) is 6.07. The molecule has 2 aromatic heterocycles. The normalized spacial score (nSPS) is 10.9. The average Bonchev–Trinajstić information content (AvgIpc) is 3.11. The van der Waals surface area contributed by atoms with Crippen LogP contribution in [0.15, 0.2) is 55.0 Å². The highest BCUT2D eigenvalue weighted by atomic mass is 16.1. The molecule has 7 heteroatoms. The van der Waals surface area contributed by atoms with E-state index >= 15 is 0 Å². The van der Waals surface area contributed by atoms with Gasteiger partial charge < -0.3 is 10.6 Å². The highest BCUT2D eigenvalue weighted by Crippen LogP contribution is 2.09. The van der Waals surface area contributed by atoms with Crippen molar-refractivity contribution in [1.82, 2.24) is 25.1 Å². The smallest absolute Gasteiger partial charge is 0.244 e. The van der Waals surface area contributed by atoms with Crippen molar-refractivity contribution >= 4 is 17.8 Å². The Hall–Kier alpha value is -3.48. The van der Waals surface area contributed by atoms with Crippen molar-refractivity contribution < 1.29 is 4.79 Å². The Morgan fingerprint density at radius 3 is 2.78 bits per heavy atom. The van der Waals surface area contributed by atoms with Gasteiger partial charge in [-0.1, -0.05) is 24.3 Å². The molecule has 1 amide bonds. The molecule has 2 heterocycles. The standard InChI is InChI=1S/C20H22N6O/c1-15-5-3-4-6-17(15)7-8-20(27)22-11-10-21-18-13-19(24-14-23-18)26-12-9-16(2)25-26/h3-9,12-14H,10-11H2,1-2H3,(H,22,27)(H,21,23,24)/b8-7+. The number of nitrogens with zero attached hydrogens (tertiary/aromatic N) is 4. The van der Waals surface area contributed by atoms with Crippen molar-refractivity contribution in [2.75, 3.05) is 18.4 Å². The average molecular weight is 362 g/mol. The molecular weight excluding hydrogens is 340 g/mol. The number of hydrogen-bond acceptors (Lipinski definition) is 5. The SMILES string of the molecule is Cc1ccn(-c2cc(NCCNC(=O)/C=C/c3ccccc3C)ncn2)n1. The summed E-state index contributed by atoms with van der Waals surface area (Å²) in [6.45, 7) is 4.98. The molecule has 0 saturated carbocycles. The van der Waals surface area contributed by atoms with E-state index in [9.17, 15) is 4.79 Å². The van der Waals surface area contributed by atoms with Gasteiger partial charge in [0.1, 0.15) is 12.1 Å². The van der Waals surface area contributed by atoms with E-state index in [1.165, 1.54) is 6.33 Å². The molecule has 0 fully saturated rings. The van der Waals surface area contributed by atoms with Crippen LogP contribution in [-0.2, 0) is 4.79 Å². The maximum Gasteiger partial charge on any atom is 0.244 e. The molecule has 0 unspecified atom stereocenters. The van der Waals surface area contributed by atoms with E-state index in [0.29, 0.717) is 24.7 Å². The predicted molar refractivity (Wildman–Crippen MR) is 106 cm³/mol. The second-order valence-electron chi connectivity index (χ2n) is 6.07. The Morgan fingerprint density at radius 2 is 2.00 bits per heavy atom. The lowest BCUT2D eigenvalue weighted by Crippen LogP contribution is -2.27. The quantitative estimate of drug-likeness (QED) is 0.498. The van der Waals surface area contributed by atoms with Crippen molar-refractivity contribution in [2.24, 2.45) is 0 Å². The first kappa shape index (κ1) is 18.3. The molecule has 138 valence electrons. The summed E-state index contributed by atoms with van der Waals surface area (Å²) in [6.07, 6.45) is 6.70. The second kappa shape index (κ2) is 8.75. The summed E-state index contributed by atoms with van der Waals surface area (Å²) in [6, 6.07) is 11.7. The minimum Gasteiger partial charge on any atom is -0.368 e. The van der Waals surface area contributed by atoms with Gasteiger partial charge in [0.2, 0.25) is 5.91 Å². The number of anilines is 1. The summed E-state index contributed by atoms with van der Waals surface area (Å²) in [7, 11) is 0. The molecule has 2 N–H and O–H groups in total. The molecule has 0 saturated heterocycles. The molecule has 0 radical (unpaired) electrons. The molecule has 3 aromatic rings. The summed E-state index contributed by atoms with van der Waals surface area (Å²) in [5.41, 5.74) is 3.09. The maximum atomic E-state index is 11.9. The minimum absolute atomic E-state index is 0.129. The lowest BCUT2D eigenvalue weighted by molar-refractivity contribution is -0.116. The Labute approximate surface area is 158 Å². The monoisotopic (exact) mass is 362 g/mol. The van der Waals surface area contributed by atoms with Gasteiger partial charge in [-0.3, -0.25) is 4.79 Å². The molecule has 3 rings (SSSR count). The Balaban J connectivity index is 1.46. The Kier molecular flexibility index (Phi) is 5.94. The molecule has 7 nitrogen and oxygen atoms in total. The molecule has 0 aliphatic heterocycles. The predicted octanol–water partition coefficient (Wildman–Crippen LogP) is 2.52. The van der Waals surface area contributed by atoms with Crippen LogP contribution in [0.4, 0.5) is 5.82 Å². The topological polar surface area (TPSA) is 84.7 Å². The highest BCUT2D eigenvalue weighted by Gasteiger charge is 2.02. The summed E-state index contributed by atoms with van der Waals surface area (Å²) < 4.78 is 1.69. The van der Waals surface area contributed by atoms with Gasteiger partial charge in [-0.15, -0.1) is 0 Å². The van der Waals surface area contributed by atoms with Gasteiger partial charge >= 0.3 is 0 Å². The lowest BCUT2D eigenvalue weighted by atomic mass is 10.1. The molecule has 0 bridgehead atoms. The van der Waals surface area contributed by atoms with Gasteiger partial charge in [0.05, 0.1) is 5.69 Å². The molecule has 1 aromatic carbocycles. The van der Waals surface area contributed by atoms with Gasteiger partial charge in [0.15, 0.2) is 5.82 Å². The van der Waals surface area contributed by atoms with E-state index in [2.05, 4.69) is 25.7 Å². The highest BCUT2D eigenvalue weighted by molar-refractivity contribution is 5.91. The van der Waals surface area contributed by atoms with Gasteiger partial charge in [-0.2, -0.15) is 5.10 Å². The van der Waals surface area contributed by atoms with Gasteiger partial charge in [0, 0.05) is 31.4 Å². The largest absolute Gasteiger partial charge is 0.368 e. The maximum absolute atomic E-state index is 11.9. The zero-order chi connectivity index (χ0) is 19.1. The number of carbonyl (C=O) groups is 1. The van der Waals surface area contributed by atoms with E-state index < -0.39 is 0 Å². The Bertz CT molecular complexity index is 947. The number of benzene rings is 1. The van der Waals surface area contributed by atoms with Crippen LogP contribution < -0.4 is 10.6 Å². The zero-order valence-corrected chi connectivity index (χ0v) is 15.4. The molecule has 0 atom stereocenters. The number of hydrogen-bond donors (Lipinski definition) is 2. The fourth-order valence-electron chi connectivity index (χ4n) is 2.49. The van der Waals surface area contributed by atoms with Crippen LogP contribution in [0.3, 0.4) is 0 Å². The number of aryl methyl sites for hydroxylation is 2. The van der Waals surface area contributed by atoms with Crippen molar-refractivity contribution in [3.8, 4) is 5.82 Å². The van der Waals surface area contributed by atoms with Crippen molar-refractivity contribution in [2.45, 2.75) is 13.8 Å². The summed E-state index contributed by atoms with van der Waals surface area (Å²) in [4.78, 5) is 20.3. The summed E-state index contributed by atoms with van der Waals surface area (Å²) in [5, 5.41) is 10.3. The van der Waals surface area contributed by atoms with Crippen molar-refractivity contribution in [3.05, 3.63) is 71.8 Å². The molecule has 0 spiro atoms. The van der Waals surface area contributed by atoms with E-state index in [4.69, 9.17) is 0 Å². The van der Waals surface area contributed by atoms with Gasteiger partial charge in [0.25, 0.3) is 0 Å². The third kappa shape index (κ3) is 5.24. The fraction of sp³-hybridized carbons (Fsp3) is 0.200. The zero-order valence-electron chi connectivity index (χ0n) is 15.4. The van der Waals surface area contributed by atoms with Crippen LogP contribution in [0.1, 0.15) is 16.8 Å². The van der Waals surface area contributed by atoms with E-state index in [0.717, 1.165) is 16.8 Å². The van der Waals surface area contributed by atoms with Crippen molar-refractivity contribution in [1.29, 1.82) is 0 Å². The van der Waals surface area contributed by atoms with Gasteiger partial charge in [-0.25, -0.2) is 14.6 Å². The summed E-state index contributed by atoms with van der Waals surface area (Å²) in [5.74, 6) is 1.24. The minimum atomic E-state index is -0.129. The van der Waals surface area contributed by atoms with Crippen LogP contribution in [0.5, 0.6) is 0 Å². The number of nitrogens with one attached hydrogen (secondary N) is 2. The van der Waals surface area contributed by atoms with Crippen LogP contribution >= 0.6 is 0 Å². The first-order chi connectivity index (χ1) is 13.1. The molecule has 0 aliphatic carbocycles. The van der Waals surface area contributed by atoms with Crippen molar-refractivity contribution in [3.63, 3.8) is 0 Å². The van der Waals surface area contributed by atoms with Crippen LogP contribution in [0, 0.1) is 13.8 Å². The lowest BCUT2D eigenvalue weighted by Gasteiger charge is -2.07. The molecule has 27 heavy (non-hydrogen) atoms. The first-order valence-electron chi connectivity index (χ1n) is 8.72. The molecule has 0 aliphatic rings. The third-order valence-electron chi connectivity index (χ3n) is 3.94. The Morgan fingerprint density at radius 1 is 1.15 bits per heavy atom. The van der Waals surface area contributed by atoms with Crippen LogP contribution in [-0.4, -0.2) is 38.7 Å². The van der Waals surface area contributed by atoms with Crippen LogP contribution in [0.2, 0.25) is 0 Å². The third-order valence-corrected chi connectivity index (χ3v) is 3.94. The first-order valence-corrected chi connectivity index (χ1v) is 8.72. The summed E-state index contributed by atoms with van der Waals surface area (Å²) >= 11 is 0. The van der Waals surface area contributed by atoms with E-state index in [-0.39, 0.29) is 5.91 Å². The number of aromatic nitrogens is 4. The van der Waals surface area contributed by atoms with E-state index in [1.54, 1.807) is 10.8 Å². The van der Waals surface area contributed by atoms with Crippen LogP contribution in [0.25, 0.3) is 11.9 Å².